The van der Waals surface area contributed by atoms with E-state index in [1.165, 1.54) is 38.8 Å². The number of hydrogen-bond donors (Lipinski definition) is 1. The van der Waals surface area contributed by atoms with Crippen LogP contribution in [-0.2, 0) is 0 Å². The van der Waals surface area contributed by atoms with Gasteiger partial charge in [0.2, 0.25) is 0 Å². The van der Waals surface area contributed by atoms with Crippen molar-refractivity contribution in [1.29, 1.82) is 0 Å². The summed E-state index contributed by atoms with van der Waals surface area (Å²) < 4.78 is 0. The van der Waals surface area contributed by atoms with E-state index in [0.29, 0.717) is 0 Å². The maximum atomic E-state index is 3.42. The molecule has 2 fully saturated rings. The molecule has 0 aromatic heterocycles. The van der Waals surface area contributed by atoms with Gasteiger partial charge in [0.05, 0.1) is 0 Å². The average molecular weight is 139 g/mol. The highest BCUT2D eigenvalue weighted by molar-refractivity contribution is 5.03. The maximum Gasteiger partial charge on any atom is -0.00435 e. The molecule has 0 bridgehead atoms. The van der Waals surface area contributed by atoms with Gasteiger partial charge in [-0.2, -0.15) is 0 Å². The standard InChI is InChI=1S/C9H17N/c1-2-8-7-9(8)3-5-10-6-4-9/h8,10H,2-7H2,1H3. The Morgan fingerprint density at radius 3 is 2.60 bits per heavy atom. The normalized spacial score (nSPS) is 36.3. The van der Waals surface area contributed by atoms with E-state index in [-0.39, 0.29) is 0 Å². The molecular weight excluding hydrogens is 122 g/mol. The van der Waals surface area contributed by atoms with E-state index in [0.717, 1.165) is 11.3 Å². The minimum atomic E-state index is 0.833. The van der Waals surface area contributed by atoms with Gasteiger partial charge in [-0.1, -0.05) is 13.3 Å². The third-order valence-corrected chi connectivity index (χ3v) is 3.45. The average Bonchev–Trinajstić information content (AvgIpc) is 2.65. The third kappa shape index (κ3) is 0.878. The number of hydrogen-bond acceptors (Lipinski definition) is 1. The van der Waals surface area contributed by atoms with Crippen molar-refractivity contribution in [3.63, 3.8) is 0 Å². The summed E-state index contributed by atoms with van der Waals surface area (Å²) in [5, 5.41) is 3.42. The van der Waals surface area contributed by atoms with Gasteiger partial charge in [0.1, 0.15) is 0 Å². The predicted molar refractivity (Wildman–Crippen MR) is 42.9 cm³/mol. The van der Waals surface area contributed by atoms with E-state index >= 15 is 0 Å². The van der Waals surface area contributed by atoms with Crippen LogP contribution in [0.4, 0.5) is 0 Å². The Hall–Kier alpha value is -0.0400. The molecule has 0 aromatic rings. The van der Waals surface area contributed by atoms with E-state index in [1.807, 2.05) is 0 Å². The van der Waals surface area contributed by atoms with Gasteiger partial charge in [-0.3, -0.25) is 0 Å². The smallest absolute Gasteiger partial charge is 0.00435 e. The molecule has 1 N–H and O–H groups in total. The first-order valence-corrected chi connectivity index (χ1v) is 4.58. The second kappa shape index (κ2) is 2.23. The van der Waals surface area contributed by atoms with Crippen LogP contribution in [0.25, 0.3) is 0 Å². The molecule has 1 saturated heterocycles. The van der Waals surface area contributed by atoms with E-state index < -0.39 is 0 Å². The van der Waals surface area contributed by atoms with Crippen LogP contribution < -0.4 is 5.32 Å². The number of piperidine rings is 1. The zero-order valence-corrected chi connectivity index (χ0v) is 6.82. The number of rotatable bonds is 1. The molecule has 10 heavy (non-hydrogen) atoms. The fraction of sp³-hybridized carbons (Fsp3) is 1.00. The first kappa shape index (κ1) is 6.66. The predicted octanol–water partition coefficient (Wildman–Crippen LogP) is 1.79. The minimum Gasteiger partial charge on any atom is -0.317 e. The highest BCUT2D eigenvalue weighted by Gasteiger charge is 2.52. The highest BCUT2D eigenvalue weighted by Crippen LogP contribution is 2.59. The maximum absolute atomic E-state index is 3.42. The third-order valence-electron chi connectivity index (χ3n) is 3.45. The summed E-state index contributed by atoms with van der Waals surface area (Å²) in [6.07, 6.45) is 5.85. The first-order valence-electron chi connectivity index (χ1n) is 4.58. The molecule has 0 amide bonds. The van der Waals surface area contributed by atoms with Crippen molar-refractivity contribution in [1.82, 2.24) is 5.32 Å². The van der Waals surface area contributed by atoms with Crippen LogP contribution in [0.2, 0.25) is 0 Å². The molecule has 1 aliphatic carbocycles. The summed E-state index contributed by atoms with van der Waals surface area (Å²) in [4.78, 5) is 0. The van der Waals surface area contributed by atoms with E-state index in [2.05, 4.69) is 12.2 Å². The van der Waals surface area contributed by atoms with Gasteiger partial charge in [-0.05, 0) is 43.7 Å². The summed E-state index contributed by atoms with van der Waals surface area (Å²) >= 11 is 0. The Morgan fingerprint density at radius 2 is 2.10 bits per heavy atom. The van der Waals surface area contributed by atoms with Gasteiger partial charge in [-0.15, -0.1) is 0 Å². The van der Waals surface area contributed by atoms with E-state index in [1.54, 1.807) is 0 Å². The largest absolute Gasteiger partial charge is 0.317 e. The van der Waals surface area contributed by atoms with E-state index in [4.69, 9.17) is 0 Å². The Kier molecular flexibility index (Phi) is 1.48. The fourth-order valence-electron chi connectivity index (χ4n) is 2.55. The zero-order chi connectivity index (χ0) is 7.03. The van der Waals surface area contributed by atoms with Crippen molar-refractivity contribution < 1.29 is 0 Å². The first-order chi connectivity index (χ1) is 4.87. The van der Waals surface area contributed by atoms with E-state index in [9.17, 15) is 0 Å². The molecule has 1 spiro atoms. The van der Waals surface area contributed by atoms with Gasteiger partial charge in [0.15, 0.2) is 0 Å². The SMILES string of the molecule is CCC1CC12CCNCC2. The second-order valence-electron chi connectivity index (χ2n) is 3.92. The molecule has 1 atom stereocenters. The minimum absolute atomic E-state index is 0.833. The molecule has 1 nitrogen and oxygen atoms in total. The van der Waals surface area contributed by atoms with Crippen LogP contribution >= 0.6 is 0 Å². The summed E-state index contributed by atoms with van der Waals surface area (Å²) in [5.74, 6) is 1.09. The molecule has 1 heterocycles. The van der Waals surface area contributed by atoms with Crippen molar-refractivity contribution in [3.8, 4) is 0 Å². The van der Waals surface area contributed by atoms with Crippen LogP contribution in [0, 0.1) is 11.3 Å². The lowest BCUT2D eigenvalue weighted by molar-refractivity contribution is 0.320. The van der Waals surface area contributed by atoms with Gasteiger partial charge in [0.25, 0.3) is 0 Å². The van der Waals surface area contributed by atoms with Crippen molar-refractivity contribution in [3.05, 3.63) is 0 Å². The van der Waals surface area contributed by atoms with Gasteiger partial charge >= 0.3 is 0 Å². The lowest BCUT2D eigenvalue weighted by Crippen LogP contribution is -2.29. The van der Waals surface area contributed by atoms with Gasteiger partial charge in [0, 0.05) is 0 Å². The van der Waals surface area contributed by atoms with Gasteiger partial charge < -0.3 is 5.32 Å². The highest BCUT2D eigenvalue weighted by atomic mass is 14.9. The van der Waals surface area contributed by atoms with Crippen molar-refractivity contribution in [2.45, 2.75) is 32.6 Å². The molecule has 0 aromatic carbocycles. The Bertz CT molecular complexity index is 125. The number of nitrogens with one attached hydrogen (secondary N) is 1. The van der Waals surface area contributed by atoms with Crippen molar-refractivity contribution >= 4 is 0 Å². The summed E-state index contributed by atoms with van der Waals surface area (Å²) in [5.41, 5.74) is 0.833. The van der Waals surface area contributed by atoms with Crippen LogP contribution in [0.1, 0.15) is 32.6 Å². The lowest BCUT2D eigenvalue weighted by Gasteiger charge is -2.23. The molecule has 1 aliphatic heterocycles. The molecule has 58 valence electrons. The van der Waals surface area contributed by atoms with Crippen molar-refractivity contribution in [2.75, 3.05) is 13.1 Å². The second-order valence-corrected chi connectivity index (χ2v) is 3.92. The Labute approximate surface area is 63.2 Å². The Balaban J connectivity index is 1.92. The summed E-state index contributed by atoms with van der Waals surface area (Å²) in [6.45, 7) is 4.88. The molecule has 2 rings (SSSR count). The zero-order valence-electron chi connectivity index (χ0n) is 6.82. The van der Waals surface area contributed by atoms with Crippen molar-refractivity contribution in [2.24, 2.45) is 11.3 Å². The molecule has 1 unspecified atom stereocenters. The molecule has 0 radical (unpaired) electrons. The van der Waals surface area contributed by atoms with Crippen LogP contribution in [0.5, 0.6) is 0 Å². The van der Waals surface area contributed by atoms with Crippen LogP contribution in [0.15, 0.2) is 0 Å². The monoisotopic (exact) mass is 139 g/mol. The molecule has 2 aliphatic rings. The van der Waals surface area contributed by atoms with Crippen LogP contribution in [-0.4, -0.2) is 13.1 Å². The topological polar surface area (TPSA) is 12.0 Å². The molecule has 1 saturated carbocycles. The molecular formula is C9H17N. The summed E-state index contributed by atoms with van der Waals surface area (Å²) in [6, 6.07) is 0. The van der Waals surface area contributed by atoms with Gasteiger partial charge in [-0.25, -0.2) is 0 Å². The fourth-order valence-corrected chi connectivity index (χ4v) is 2.55. The van der Waals surface area contributed by atoms with Crippen LogP contribution in [0.3, 0.4) is 0 Å². The Morgan fingerprint density at radius 1 is 1.40 bits per heavy atom. The molecule has 1 heteroatoms. The lowest BCUT2D eigenvalue weighted by atomic mass is 9.91. The quantitative estimate of drug-likeness (QED) is 0.584. The summed E-state index contributed by atoms with van der Waals surface area (Å²) in [7, 11) is 0.